The van der Waals surface area contributed by atoms with Gasteiger partial charge in [0.1, 0.15) is 0 Å². The molecule has 0 aliphatic rings. The number of halogens is 6. The summed E-state index contributed by atoms with van der Waals surface area (Å²) >= 11 is 0. The highest BCUT2D eigenvalue weighted by Gasteiger charge is 2.51. The van der Waals surface area contributed by atoms with E-state index in [1.54, 1.807) is 0 Å². The Labute approximate surface area is 105 Å². The molecule has 116 valence electrons. The van der Waals surface area contributed by atoms with Gasteiger partial charge in [0, 0.05) is 0 Å². The van der Waals surface area contributed by atoms with Gasteiger partial charge in [0.05, 0.1) is 11.0 Å². The molecule has 0 saturated heterocycles. The van der Waals surface area contributed by atoms with Crippen LogP contribution in [0.5, 0.6) is 0 Å². The molecular weight excluding hydrogens is 326 g/mol. The number of sulfone groups is 2. The summed E-state index contributed by atoms with van der Waals surface area (Å²) in [6, 6.07) is 0. The van der Waals surface area contributed by atoms with Crippen LogP contribution in [0.2, 0.25) is 0 Å². The molecule has 0 rings (SSSR count). The zero-order valence-corrected chi connectivity index (χ0v) is 11.0. The van der Waals surface area contributed by atoms with E-state index in [4.69, 9.17) is 0 Å². The fourth-order valence-electron chi connectivity index (χ4n) is 1.17. The van der Waals surface area contributed by atoms with E-state index in [1.807, 2.05) is 0 Å². The van der Waals surface area contributed by atoms with E-state index in [0.717, 1.165) is 6.92 Å². The number of alkyl halides is 6. The quantitative estimate of drug-likeness (QED) is 0.721. The summed E-state index contributed by atoms with van der Waals surface area (Å²) in [4.78, 5) is 0. The van der Waals surface area contributed by atoms with Crippen molar-refractivity contribution in [3.8, 4) is 0 Å². The van der Waals surface area contributed by atoms with E-state index < -0.39 is 54.5 Å². The normalized spacial score (nSPS) is 16.4. The van der Waals surface area contributed by atoms with Gasteiger partial charge in [-0.3, -0.25) is 0 Å². The molecule has 12 heteroatoms. The SMILES string of the molecule is CCC(CCS(=O)(=O)C(F)(F)F)S(=O)(=O)C(F)(F)F. The molecule has 0 fully saturated rings. The third-order valence-electron chi connectivity index (χ3n) is 2.28. The van der Waals surface area contributed by atoms with Crippen molar-refractivity contribution in [2.45, 2.75) is 36.0 Å². The average Bonchev–Trinajstić information content (AvgIpc) is 2.14. The zero-order chi connectivity index (χ0) is 15.7. The Hall–Kier alpha value is -0.520. The summed E-state index contributed by atoms with van der Waals surface area (Å²) in [7, 11) is -11.3. The zero-order valence-electron chi connectivity index (χ0n) is 9.42. The Morgan fingerprint density at radius 2 is 1.32 bits per heavy atom. The molecule has 19 heavy (non-hydrogen) atoms. The lowest BCUT2D eigenvalue weighted by atomic mass is 10.3. The first-order chi connectivity index (χ1) is 8.17. The monoisotopic (exact) mass is 336 g/mol. The van der Waals surface area contributed by atoms with Gasteiger partial charge in [-0.05, 0) is 12.8 Å². The van der Waals surface area contributed by atoms with Crippen LogP contribution < -0.4 is 0 Å². The van der Waals surface area contributed by atoms with Gasteiger partial charge in [-0.1, -0.05) is 6.92 Å². The van der Waals surface area contributed by atoms with Crippen LogP contribution in [-0.4, -0.2) is 38.9 Å². The molecule has 0 saturated carbocycles. The van der Waals surface area contributed by atoms with Crippen molar-refractivity contribution >= 4 is 19.7 Å². The van der Waals surface area contributed by atoms with Crippen molar-refractivity contribution < 1.29 is 43.2 Å². The summed E-state index contributed by atoms with van der Waals surface area (Å²) in [5.74, 6) is -1.70. The van der Waals surface area contributed by atoms with Crippen LogP contribution in [0.25, 0.3) is 0 Å². The Morgan fingerprint density at radius 1 is 0.895 bits per heavy atom. The molecule has 0 bridgehead atoms. The molecular formula is C7H10F6O4S2. The van der Waals surface area contributed by atoms with Crippen molar-refractivity contribution in [1.82, 2.24) is 0 Å². The fourth-order valence-corrected chi connectivity index (χ4v) is 3.39. The summed E-state index contributed by atoms with van der Waals surface area (Å²) in [5.41, 5.74) is -11.2. The van der Waals surface area contributed by atoms with Gasteiger partial charge in [0.15, 0.2) is 0 Å². The Kier molecular flexibility index (Phi) is 5.31. The van der Waals surface area contributed by atoms with Gasteiger partial charge in [-0.2, -0.15) is 26.3 Å². The maximum atomic E-state index is 12.2. The van der Waals surface area contributed by atoms with Crippen molar-refractivity contribution in [2.75, 3.05) is 5.75 Å². The van der Waals surface area contributed by atoms with Crippen LogP contribution in [0.4, 0.5) is 26.3 Å². The lowest BCUT2D eigenvalue weighted by molar-refractivity contribution is -0.0446. The second kappa shape index (κ2) is 5.46. The molecule has 0 spiro atoms. The molecule has 0 radical (unpaired) electrons. The van der Waals surface area contributed by atoms with Crippen LogP contribution in [0.3, 0.4) is 0 Å². The molecule has 1 unspecified atom stereocenters. The predicted octanol–water partition coefficient (Wildman–Crippen LogP) is 2.02. The van der Waals surface area contributed by atoms with Gasteiger partial charge < -0.3 is 0 Å². The van der Waals surface area contributed by atoms with Crippen molar-refractivity contribution in [3.63, 3.8) is 0 Å². The molecule has 0 amide bonds. The number of hydrogen-bond donors (Lipinski definition) is 0. The standard InChI is InChI=1S/C7H10F6O4S2/c1-2-5(19(16,17)7(11,12)13)3-4-18(14,15)6(8,9)10/h5H,2-4H2,1H3. The smallest absolute Gasteiger partial charge is 0.220 e. The second-order valence-corrected chi connectivity index (χ2v) is 7.89. The first-order valence-electron chi connectivity index (χ1n) is 4.76. The number of rotatable bonds is 5. The summed E-state index contributed by atoms with van der Waals surface area (Å²) < 4.78 is 116. The highest BCUT2D eigenvalue weighted by molar-refractivity contribution is 7.93. The highest BCUT2D eigenvalue weighted by Crippen LogP contribution is 2.31. The Morgan fingerprint density at radius 3 is 1.58 bits per heavy atom. The van der Waals surface area contributed by atoms with Gasteiger partial charge in [0.25, 0.3) is 9.84 Å². The van der Waals surface area contributed by atoms with E-state index in [0.29, 0.717) is 0 Å². The van der Waals surface area contributed by atoms with Crippen molar-refractivity contribution in [1.29, 1.82) is 0 Å². The molecule has 0 aliphatic heterocycles. The minimum absolute atomic E-state index is 0.644. The topological polar surface area (TPSA) is 68.3 Å². The lowest BCUT2D eigenvalue weighted by Crippen LogP contribution is -2.36. The van der Waals surface area contributed by atoms with Gasteiger partial charge in [-0.15, -0.1) is 0 Å². The first kappa shape index (κ1) is 18.5. The molecule has 1 atom stereocenters. The Bertz CT molecular complexity index is 501. The molecule has 0 aliphatic carbocycles. The van der Waals surface area contributed by atoms with Crippen molar-refractivity contribution in [2.24, 2.45) is 0 Å². The summed E-state index contributed by atoms with van der Waals surface area (Å²) in [6.45, 7) is 1.01. The molecule has 0 N–H and O–H groups in total. The average molecular weight is 336 g/mol. The minimum Gasteiger partial charge on any atom is -0.220 e. The molecule has 4 nitrogen and oxygen atoms in total. The largest absolute Gasteiger partial charge is 0.497 e. The van der Waals surface area contributed by atoms with Crippen LogP contribution in [0.1, 0.15) is 19.8 Å². The minimum atomic E-state index is -5.69. The van der Waals surface area contributed by atoms with Gasteiger partial charge >= 0.3 is 11.0 Å². The third kappa shape index (κ3) is 4.23. The van der Waals surface area contributed by atoms with Crippen LogP contribution in [0.15, 0.2) is 0 Å². The highest BCUT2D eigenvalue weighted by atomic mass is 32.2. The van der Waals surface area contributed by atoms with Crippen molar-refractivity contribution in [3.05, 3.63) is 0 Å². The fraction of sp³-hybridized carbons (Fsp3) is 1.00. The van der Waals surface area contributed by atoms with E-state index >= 15 is 0 Å². The molecule has 0 heterocycles. The van der Waals surface area contributed by atoms with E-state index in [1.165, 1.54) is 0 Å². The maximum absolute atomic E-state index is 12.2. The maximum Gasteiger partial charge on any atom is 0.497 e. The molecule has 0 aromatic rings. The second-order valence-electron chi connectivity index (χ2n) is 3.57. The third-order valence-corrected chi connectivity index (χ3v) is 5.85. The lowest BCUT2D eigenvalue weighted by Gasteiger charge is -2.18. The van der Waals surface area contributed by atoms with Crippen LogP contribution in [-0.2, 0) is 19.7 Å². The summed E-state index contributed by atoms with van der Waals surface area (Å²) in [5, 5.41) is -2.22. The van der Waals surface area contributed by atoms with Crippen LogP contribution in [0, 0.1) is 0 Å². The van der Waals surface area contributed by atoms with Gasteiger partial charge in [0.2, 0.25) is 9.84 Å². The number of hydrogen-bond acceptors (Lipinski definition) is 4. The van der Waals surface area contributed by atoms with E-state index in [2.05, 4.69) is 0 Å². The molecule has 0 aromatic heterocycles. The summed E-state index contributed by atoms with van der Waals surface area (Å²) in [6.07, 6.45) is -1.91. The first-order valence-corrected chi connectivity index (χ1v) is 7.96. The Balaban J connectivity index is 5.10. The molecule has 0 aromatic carbocycles. The van der Waals surface area contributed by atoms with E-state index in [-0.39, 0.29) is 0 Å². The van der Waals surface area contributed by atoms with E-state index in [9.17, 15) is 43.2 Å². The predicted molar refractivity (Wildman–Crippen MR) is 53.5 cm³/mol. The van der Waals surface area contributed by atoms with Gasteiger partial charge in [-0.25, -0.2) is 16.8 Å². The van der Waals surface area contributed by atoms with Crippen LogP contribution >= 0.6 is 0 Å².